The van der Waals surface area contributed by atoms with Gasteiger partial charge in [0.05, 0.1) is 7.11 Å². The smallest absolute Gasteiger partial charge is 0.140 e. The predicted molar refractivity (Wildman–Crippen MR) is 68.2 cm³/mol. The van der Waals surface area contributed by atoms with E-state index in [1.54, 1.807) is 7.11 Å². The third kappa shape index (κ3) is 3.09. The van der Waals surface area contributed by atoms with E-state index >= 15 is 0 Å². The molecule has 2 atom stereocenters. The second kappa shape index (κ2) is 5.35. The highest BCUT2D eigenvalue weighted by Gasteiger charge is 2.26. The third-order valence-corrected chi connectivity index (χ3v) is 3.66. The highest BCUT2D eigenvalue weighted by molar-refractivity contribution is 5.83. The molecule has 1 saturated carbocycles. The topological polar surface area (TPSA) is 26.3 Å². The van der Waals surface area contributed by atoms with E-state index in [-0.39, 0.29) is 5.92 Å². The average Bonchev–Trinajstić information content (AvgIpc) is 2.76. The lowest BCUT2D eigenvalue weighted by Gasteiger charge is -2.09. The lowest BCUT2D eigenvalue weighted by Crippen LogP contribution is -2.13. The van der Waals surface area contributed by atoms with Crippen LogP contribution in [0.15, 0.2) is 24.3 Å². The van der Waals surface area contributed by atoms with Crippen molar-refractivity contribution in [1.82, 2.24) is 0 Å². The predicted octanol–water partition coefficient (Wildman–Crippen LogP) is 3.24. The minimum Gasteiger partial charge on any atom is -0.497 e. The molecule has 1 aliphatic rings. The third-order valence-electron chi connectivity index (χ3n) is 3.66. The van der Waals surface area contributed by atoms with Crippen LogP contribution in [0.4, 0.5) is 0 Å². The maximum Gasteiger partial charge on any atom is 0.140 e. The molecule has 2 nitrogen and oxygen atoms in total. The number of ether oxygens (including phenoxy) is 1. The number of hydrogen-bond donors (Lipinski definition) is 0. The first-order valence-electron chi connectivity index (χ1n) is 6.34. The number of hydrogen-bond acceptors (Lipinski definition) is 2. The van der Waals surface area contributed by atoms with Gasteiger partial charge in [-0.25, -0.2) is 0 Å². The van der Waals surface area contributed by atoms with E-state index in [2.05, 4.69) is 6.92 Å². The Kier molecular flexibility index (Phi) is 3.82. The van der Waals surface area contributed by atoms with Crippen molar-refractivity contribution in [3.05, 3.63) is 29.8 Å². The molecule has 17 heavy (non-hydrogen) atoms. The number of carbonyl (C=O) groups excluding carboxylic acids is 1. The van der Waals surface area contributed by atoms with Crippen molar-refractivity contribution in [2.24, 2.45) is 11.8 Å². The fourth-order valence-electron chi connectivity index (χ4n) is 2.63. The molecule has 2 rings (SSSR count). The molecule has 0 aliphatic heterocycles. The summed E-state index contributed by atoms with van der Waals surface area (Å²) in [5.41, 5.74) is 1.06. The molecule has 1 aliphatic carbocycles. The number of benzene rings is 1. The van der Waals surface area contributed by atoms with Gasteiger partial charge in [0.1, 0.15) is 11.5 Å². The summed E-state index contributed by atoms with van der Waals surface area (Å²) < 4.78 is 5.17. The van der Waals surface area contributed by atoms with Gasteiger partial charge < -0.3 is 4.74 Å². The second-order valence-corrected chi connectivity index (χ2v) is 5.11. The Morgan fingerprint density at radius 1 is 1.41 bits per heavy atom. The van der Waals surface area contributed by atoms with E-state index in [0.717, 1.165) is 24.2 Å². The molecule has 1 fully saturated rings. The fraction of sp³-hybridized carbons (Fsp3) is 0.533. The van der Waals surface area contributed by atoms with Gasteiger partial charge in [0.25, 0.3) is 0 Å². The first kappa shape index (κ1) is 12.2. The van der Waals surface area contributed by atoms with Crippen molar-refractivity contribution in [3.8, 4) is 5.75 Å². The number of rotatable bonds is 4. The van der Waals surface area contributed by atoms with Gasteiger partial charge in [0.2, 0.25) is 0 Å². The highest BCUT2D eigenvalue weighted by Crippen LogP contribution is 2.31. The Labute approximate surface area is 103 Å². The van der Waals surface area contributed by atoms with Gasteiger partial charge in [-0.15, -0.1) is 0 Å². The Hall–Kier alpha value is -1.31. The number of Topliss-reactive ketones (excluding diaryl/α,β-unsaturated/α-hetero) is 1. The van der Waals surface area contributed by atoms with Crippen LogP contribution in [0, 0.1) is 11.8 Å². The average molecular weight is 232 g/mol. The molecule has 0 N–H and O–H groups in total. The highest BCUT2D eigenvalue weighted by atomic mass is 16.5. The van der Waals surface area contributed by atoms with Crippen molar-refractivity contribution >= 4 is 5.78 Å². The summed E-state index contributed by atoms with van der Waals surface area (Å²) in [5, 5.41) is 0. The Bertz CT molecular complexity index is 398. The second-order valence-electron chi connectivity index (χ2n) is 5.11. The zero-order valence-corrected chi connectivity index (χ0v) is 10.6. The van der Waals surface area contributed by atoms with Gasteiger partial charge in [0, 0.05) is 12.3 Å². The molecule has 0 aromatic heterocycles. The summed E-state index contributed by atoms with van der Waals surface area (Å²) in [6.07, 6.45) is 3.90. The van der Waals surface area contributed by atoms with Gasteiger partial charge in [0.15, 0.2) is 0 Å². The minimum atomic E-state index is 0.288. The van der Waals surface area contributed by atoms with E-state index < -0.39 is 0 Å². The van der Waals surface area contributed by atoms with Crippen LogP contribution < -0.4 is 4.74 Å². The molecule has 0 bridgehead atoms. The van der Waals surface area contributed by atoms with Crippen molar-refractivity contribution in [2.45, 2.75) is 32.6 Å². The molecule has 1 aromatic rings. The van der Waals surface area contributed by atoms with E-state index in [9.17, 15) is 4.79 Å². The molecule has 0 amide bonds. The Balaban J connectivity index is 1.98. The Morgan fingerprint density at radius 3 is 2.88 bits per heavy atom. The van der Waals surface area contributed by atoms with Crippen LogP contribution in [0.25, 0.3) is 0 Å². The van der Waals surface area contributed by atoms with Crippen molar-refractivity contribution < 1.29 is 9.53 Å². The molecule has 1 aromatic carbocycles. The molecule has 0 saturated heterocycles. The molecule has 92 valence electrons. The molecule has 2 heteroatoms. The van der Waals surface area contributed by atoms with Crippen LogP contribution in [0.5, 0.6) is 5.75 Å². The first-order valence-corrected chi connectivity index (χ1v) is 6.34. The first-order chi connectivity index (χ1) is 8.19. The van der Waals surface area contributed by atoms with Gasteiger partial charge in [-0.2, -0.15) is 0 Å². The van der Waals surface area contributed by atoms with Crippen LogP contribution >= 0.6 is 0 Å². The zero-order valence-electron chi connectivity index (χ0n) is 10.6. The zero-order chi connectivity index (χ0) is 12.3. The van der Waals surface area contributed by atoms with Crippen LogP contribution in [0.1, 0.15) is 31.7 Å². The Morgan fingerprint density at radius 2 is 2.24 bits per heavy atom. The fourth-order valence-corrected chi connectivity index (χ4v) is 2.63. The molecule has 0 radical (unpaired) electrons. The summed E-state index contributed by atoms with van der Waals surface area (Å²) in [5.74, 6) is 2.23. The van der Waals surface area contributed by atoms with Gasteiger partial charge in [-0.3, -0.25) is 4.79 Å². The quantitative estimate of drug-likeness (QED) is 0.796. The summed E-state index contributed by atoms with van der Waals surface area (Å²) >= 11 is 0. The number of methoxy groups -OCH3 is 1. The molecule has 0 heterocycles. The standard InChI is InChI=1S/C15H20O2/c1-11-6-7-13(8-11)15(16)10-12-4-3-5-14(9-12)17-2/h3-5,9,11,13H,6-8,10H2,1-2H3. The van der Waals surface area contributed by atoms with Gasteiger partial charge >= 0.3 is 0 Å². The number of carbonyl (C=O) groups is 1. The minimum absolute atomic E-state index is 0.288. The van der Waals surface area contributed by atoms with Crippen LogP contribution in [-0.4, -0.2) is 12.9 Å². The molecular formula is C15H20O2. The summed E-state index contributed by atoms with van der Waals surface area (Å²) in [6.45, 7) is 2.23. The van der Waals surface area contributed by atoms with Crippen LogP contribution in [0.2, 0.25) is 0 Å². The molecular weight excluding hydrogens is 212 g/mol. The summed E-state index contributed by atoms with van der Waals surface area (Å²) in [6, 6.07) is 7.80. The van der Waals surface area contributed by atoms with E-state index in [1.165, 1.54) is 6.42 Å². The van der Waals surface area contributed by atoms with Crippen molar-refractivity contribution in [3.63, 3.8) is 0 Å². The largest absolute Gasteiger partial charge is 0.497 e. The van der Waals surface area contributed by atoms with Crippen molar-refractivity contribution in [1.29, 1.82) is 0 Å². The molecule has 2 unspecified atom stereocenters. The van der Waals surface area contributed by atoms with Crippen molar-refractivity contribution in [2.75, 3.05) is 7.11 Å². The molecule has 0 spiro atoms. The van der Waals surface area contributed by atoms with E-state index in [1.807, 2.05) is 24.3 Å². The SMILES string of the molecule is COc1cccc(CC(=O)C2CCC(C)C2)c1. The van der Waals surface area contributed by atoms with Gasteiger partial charge in [-0.05, 0) is 42.9 Å². The van der Waals surface area contributed by atoms with Crippen LogP contribution in [0.3, 0.4) is 0 Å². The lowest BCUT2D eigenvalue weighted by molar-refractivity contribution is -0.122. The van der Waals surface area contributed by atoms with Gasteiger partial charge in [-0.1, -0.05) is 19.1 Å². The van der Waals surface area contributed by atoms with E-state index in [0.29, 0.717) is 18.1 Å². The summed E-state index contributed by atoms with van der Waals surface area (Å²) in [7, 11) is 1.65. The monoisotopic (exact) mass is 232 g/mol. The van der Waals surface area contributed by atoms with E-state index in [4.69, 9.17) is 4.74 Å². The summed E-state index contributed by atoms with van der Waals surface area (Å²) in [4.78, 5) is 12.1. The maximum atomic E-state index is 12.1. The normalized spacial score (nSPS) is 23.6. The maximum absolute atomic E-state index is 12.1. The lowest BCUT2D eigenvalue weighted by atomic mass is 9.95. The van der Waals surface area contributed by atoms with Crippen LogP contribution in [-0.2, 0) is 11.2 Å². The number of ketones is 1.